The number of rotatable bonds is 5. The van der Waals surface area contributed by atoms with Crippen LogP contribution in [0.5, 0.6) is 5.75 Å². The minimum atomic E-state index is -3.84. The number of aromatic nitrogens is 4. The van der Waals surface area contributed by atoms with E-state index in [1.807, 2.05) is 45.8 Å². The first-order valence-corrected chi connectivity index (χ1v) is 14.0. The van der Waals surface area contributed by atoms with Crippen molar-refractivity contribution < 1.29 is 17.5 Å². The molecule has 0 aliphatic carbocycles. The Labute approximate surface area is 224 Å². The van der Waals surface area contributed by atoms with Crippen LogP contribution in [0.4, 0.5) is 16.0 Å². The Balaban J connectivity index is 1.35. The van der Waals surface area contributed by atoms with E-state index in [1.54, 1.807) is 13.1 Å². The Morgan fingerprint density at radius 3 is 2.64 bits per heavy atom. The van der Waals surface area contributed by atoms with Gasteiger partial charge in [-0.3, -0.25) is 0 Å². The number of nitrogens with zero attached hydrogens (tertiary/aromatic N) is 5. The number of anilines is 2. The fourth-order valence-electron chi connectivity index (χ4n) is 4.85. The topological polar surface area (TPSA) is 116 Å². The van der Waals surface area contributed by atoms with Gasteiger partial charge in [-0.15, -0.1) is 0 Å². The molecule has 0 radical (unpaired) electrons. The lowest BCUT2D eigenvalue weighted by Gasteiger charge is -2.24. The molecule has 0 saturated carbocycles. The number of nitrogen functional groups attached to an aromatic ring is 1. The van der Waals surface area contributed by atoms with Crippen LogP contribution in [0.3, 0.4) is 0 Å². The molecule has 4 heterocycles. The van der Waals surface area contributed by atoms with Crippen molar-refractivity contribution in [1.82, 2.24) is 19.4 Å². The molecular weight excluding hydrogens is 519 g/mol. The Hall–Kier alpha value is -4.51. The lowest BCUT2D eigenvalue weighted by molar-refractivity contribution is 0.331. The van der Waals surface area contributed by atoms with E-state index in [9.17, 15) is 12.8 Å². The Morgan fingerprint density at radius 2 is 1.82 bits per heavy atom. The number of imidazole rings is 1. The molecule has 0 amide bonds. The molecule has 9 nitrogen and oxygen atoms in total. The predicted molar refractivity (Wildman–Crippen MR) is 146 cm³/mol. The zero-order valence-corrected chi connectivity index (χ0v) is 21.9. The van der Waals surface area contributed by atoms with Gasteiger partial charge in [-0.2, -0.15) is 0 Å². The fraction of sp³-hybridized carbons (Fsp3) is 0.179. The summed E-state index contributed by atoms with van der Waals surface area (Å²) >= 11 is 0. The average molecular weight is 545 g/mol. The quantitative estimate of drug-likeness (QED) is 0.350. The van der Waals surface area contributed by atoms with Crippen molar-refractivity contribution in [2.75, 3.05) is 23.8 Å². The van der Waals surface area contributed by atoms with Crippen molar-refractivity contribution in [3.63, 3.8) is 0 Å². The number of halogens is 1. The highest BCUT2D eigenvalue weighted by Gasteiger charge is 2.28. The molecule has 11 heteroatoms. The van der Waals surface area contributed by atoms with E-state index in [4.69, 9.17) is 10.5 Å². The van der Waals surface area contributed by atoms with E-state index in [-0.39, 0.29) is 10.6 Å². The van der Waals surface area contributed by atoms with Gasteiger partial charge in [0.2, 0.25) is 0 Å². The second kappa shape index (κ2) is 9.66. The summed E-state index contributed by atoms with van der Waals surface area (Å²) in [7, 11) is -3.84. The number of hydrogen-bond donors (Lipinski definition) is 1. The minimum absolute atomic E-state index is 0.0667. The third-order valence-electron chi connectivity index (χ3n) is 6.69. The molecule has 1 aliphatic rings. The third-order valence-corrected chi connectivity index (χ3v) is 8.50. The van der Waals surface area contributed by atoms with E-state index >= 15 is 0 Å². The largest absolute Gasteiger partial charge is 0.491 e. The molecule has 39 heavy (non-hydrogen) atoms. The van der Waals surface area contributed by atoms with Gasteiger partial charge in [0.15, 0.2) is 15.7 Å². The number of pyridine rings is 1. The standard InChI is InChI=1S/C28H25FN6O3S/c1-18-27(39(36,37)16-19-2-6-23(29)7-3-19)28(32-17-31-18)34-10-11-38-24-8-4-20(12-22(24)14-34)21-5-9-26-33-25(30)15-35(26)13-21/h2-9,12-13,15,17H,10-11,14,16,30H2,1H3. The van der Waals surface area contributed by atoms with E-state index in [0.29, 0.717) is 42.6 Å². The summed E-state index contributed by atoms with van der Waals surface area (Å²) in [5.74, 6) is 0.787. The van der Waals surface area contributed by atoms with Crippen molar-refractivity contribution in [3.8, 4) is 16.9 Å². The molecular formula is C28H25FN6O3S. The third kappa shape index (κ3) is 4.88. The second-order valence-corrected chi connectivity index (χ2v) is 11.4. The Kier molecular flexibility index (Phi) is 6.15. The first kappa shape index (κ1) is 24.8. The summed E-state index contributed by atoms with van der Waals surface area (Å²) in [6, 6.07) is 15.3. The second-order valence-electron chi connectivity index (χ2n) is 9.44. The van der Waals surface area contributed by atoms with Gasteiger partial charge in [-0.05, 0) is 60.0 Å². The van der Waals surface area contributed by atoms with E-state index in [0.717, 1.165) is 28.1 Å². The van der Waals surface area contributed by atoms with Crippen LogP contribution < -0.4 is 15.4 Å². The molecule has 2 N–H and O–H groups in total. The monoisotopic (exact) mass is 544 g/mol. The Morgan fingerprint density at radius 1 is 1.03 bits per heavy atom. The first-order chi connectivity index (χ1) is 18.8. The van der Waals surface area contributed by atoms with Crippen LogP contribution in [0, 0.1) is 12.7 Å². The van der Waals surface area contributed by atoms with Gasteiger partial charge < -0.3 is 19.8 Å². The summed E-state index contributed by atoms with van der Waals surface area (Å²) in [5, 5.41) is 0. The van der Waals surface area contributed by atoms with Crippen LogP contribution in [0.1, 0.15) is 16.8 Å². The lowest BCUT2D eigenvalue weighted by Crippen LogP contribution is -2.28. The van der Waals surface area contributed by atoms with E-state index < -0.39 is 15.7 Å². The van der Waals surface area contributed by atoms with Crippen LogP contribution in [-0.2, 0) is 22.1 Å². The summed E-state index contributed by atoms with van der Waals surface area (Å²) in [4.78, 5) is 14.8. The van der Waals surface area contributed by atoms with Gasteiger partial charge in [0.05, 0.1) is 24.2 Å². The normalized spacial score (nSPS) is 13.6. The number of aryl methyl sites for hydroxylation is 1. The van der Waals surface area contributed by atoms with Gasteiger partial charge in [-0.1, -0.05) is 18.2 Å². The maximum absolute atomic E-state index is 13.6. The number of hydrogen-bond acceptors (Lipinski definition) is 8. The molecule has 0 saturated heterocycles. The van der Waals surface area contributed by atoms with Crippen molar-refractivity contribution in [1.29, 1.82) is 0 Å². The molecule has 3 aromatic heterocycles. The maximum Gasteiger partial charge on any atom is 0.187 e. The Bertz CT molecular complexity index is 1800. The lowest BCUT2D eigenvalue weighted by atomic mass is 10.0. The summed E-state index contributed by atoms with van der Waals surface area (Å²) in [6.45, 7) is 2.83. The van der Waals surface area contributed by atoms with Gasteiger partial charge >= 0.3 is 0 Å². The maximum atomic E-state index is 13.6. The number of ether oxygens (including phenoxy) is 1. The first-order valence-electron chi connectivity index (χ1n) is 12.3. The molecule has 5 aromatic rings. The smallest absolute Gasteiger partial charge is 0.187 e. The highest BCUT2D eigenvalue weighted by Crippen LogP contribution is 2.34. The summed E-state index contributed by atoms with van der Waals surface area (Å²) in [5.41, 5.74) is 10.3. The fourth-order valence-corrected chi connectivity index (χ4v) is 6.59. The van der Waals surface area contributed by atoms with Crippen molar-refractivity contribution in [2.24, 2.45) is 0 Å². The number of fused-ring (bicyclic) bond motifs is 2. The van der Waals surface area contributed by atoms with Crippen LogP contribution in [0.2, 0.25) is 0 Å². The van der Waals surface area contributed by atoms with Crippen LogP contribution in [0.15, 0.2) is 78.2 Å². The van der Waals surface area contributed by atoms with Gasteiger partial charge in [0.1, 0.15) is 40.9 Å². The van der Waals surface area contributed by atoms with Gasteiger partial charge in [0, 0.05) is 18.3 Å². The predicted octanol–water partition coefficient (Wildman–Crippen LogP) is 4.19. The molecule has 2 aromatic carbocycles. The molecule has 0 atom stereocenters. The average Bonchev–Trinajstić information content (AvgIpc) is 3.15. The van der Waals surface area contributed by atoms with Crippen LogP contribution >= 0.6 is 0 Å². The molecule has 198 valence electrons. The molecule has 0 bridgehead atoms. The molecule has 6 rings (SSSR count). The number of nitrogens with two attached hydrogens (primary N) is 1. The van der Waals surface area contributed by atoms with Crippen molar-refractivity contribution in [2.45, 2.75) is 24.1 Å². The summed E-state index contributed by atoms with van der Waals surface area (Å²) in [6.07, 6.45) is 5.10. The van der Waals surface area contributed by atoms with Crippen molar-refractivity contribution in [3.05, 3.63) is 96.0 Å². The van der Waals surface area contributed by atoms with Gasteiger partial charge in [-0.25, -0.2) is 27.8 Å². The molecule has 0 unspecified atom stereocenters. The number of benzene rings is 2. The summed E-state index contributed by atoms with van der Waals surface area (Å²) < 4.78 is 48.5. The number of sulfone groups is 1. The van der Waals surface area contributed by atoms with E-state index in [2.05, 4.69) is 15.0 Å². The van der Waals surface area contributed by atoms with Crippen molar-refractivity contribution >= 4 is 27.1 Å². The molecule has 1 aliphatic heterocycles. The van der Waals surface area contributed by atoms with Crippen LogP contribution in [0.25, 0.3) is 16.8 Å². The van der Waals surface area contributed by atoms with Crippen LogP contribution in [-0.4, -0.2) is 40.9 Å². The zero-order valence-electron chi connectivity index (χ0n) is 21.1. The minimum Gasteiger partial charge on any atom is -0.491 e. The highest BCUT2D eigenvalue weighted by molar-refractivity contribution is 7.90. The highest BCUT2D eigenvalue weighted by atomic mass is 32.2. The molecule has 0 fully saturated rings. The van der Waals surface area contributed by atoms with Gasteiger partial charge in [0.25, 0.3) is 0 Å². The molecule has 0 spiro atoms. The van der Waals surface area contributed by atoms with E-state index in [1.165, 1.54) is 30.6 Å². The zero-order chi connectivity index (χ0) is 27.1. The SMILES string of the molecule is Cc1ncnc(N2CCOc3ccc(-c4ccc5nc(N)cn5c4)cc3C2)c1S(=O)(=O)Cc1ccc(F)cc1.